The summed E-state index contributed by atoms with van der Waals surface area (Å²) in [4.78, 5) is 27.0. The summed E-state index contributed by atoms with van der Waals surface area (Å²) in [7, 11) is 0. The number of hydrazine groups is 1. The molecule has 1 N–H and O–H groups in total. The summed E-state index contributed by atoms with van der Waals surface area (Å²) < 4.78 is 0. The van der Waals surface area contributed by atoms with Crippen LogP contribution in [0.5, 0.6) is 0 Å². The van der Waals surface area contributed by atoms with Gasteiger partial charge in [-0.3, -0.25) is 9.80 Å². The van der Waals surface area contributed by atoms with Gasteiger partial charge >= 0.3 is 5.97 Å². The number of hydrogen-bond acceptors (Lipinski definition) is 5. The number of thiazole rings is 1. The Morgan fingerprint density at radius 2 is 2.29 bits per heavy atom. The van der Waals surface area contributed by atoms with E-state index >= 15 is 0 Å². The Balaban J connectivity index is 0.00000220. The van der Waals surface area contributed by atoms with Gasteiger partial charge in [-0.2, -0.15) is 0 Å². The van der Waals surface area contributed by atoms with Crippen molar-refractivity contribution < 1.29 is 35.8 Å². The zero-order valence-electron chi connectivity index (χ0n) is 11.7. The van der Waals surface area contributed by atoms with Crippen LogP contribution < -0.4 is 0 Å². The van der Waals surface area contributed by atoms with Crippen molar-refractivity contribution in [2.24, 2.45) is 0 Å². The van der Waals surface area contributed by atoms with Crippen LogP contribution in [0.1, 0.15) is 33.9 Å². The molecule has 0 bridgehead atoms. The van der Waals surface area contributed by atoms with Gasteiger partial charge in [0.25, 0.3) is 0 Å². The van der Waals surface area contributed by atoms with E-state index in [1.54, 1.807) is 5.01 Å². The van der Waals surface area contributed by atoms with E-state index in [4.69, 9.17) is 5.11 Å². The molecule has 21 heavy (non-hydrogen) atoms. The number of carboxylic acid groups (broad SMARTS) is 1. The second kappa shape index (κ2) is 8.61. The molecular weight excluding hydrogens is 462 g/mol. The van der Waals surface area contributed by atoms with Crippen LogP contribution in [-0.4, -0.2) is 51.6 Å². The van der Waals surface area contributed by atoms with Crippen molar-refractivity contribution in [2.75, 3.05) is 19.6 Å². The fourth-order valence-corrected chi connectivity index (χ4v) is 3.02. The molecule has 0 atom stereocenters. The minimum Gasteiger partial charge on any atom is -0.477 e. The molecule has 0 unspecified atom stereocenters. The smallest absolute Gasteiger partial charge is 0.347 e. The zero-order chi connectivity index (χ0) is 14.5. The van der Waals surface area contributed by atoms with E-state index in [1.165, 1.54) is 17.5 Å². The Labute approximate surface area is 142 Å². The number of aromatic carboxylic acids is 1. The van der Waals surface area contributed by atoms with E-state index in [0.717, 1.165) is 24.4 Å². The molecule has 1 aromatic heterocycles. The minimum absolute atomic E-state index is 0. The number of carbonyl (C=O) groups excluding carboxylic acids is 1. The number of hydrogen-bond donors (Lipinski definition) is 1. The summed E-state index contributed by atoms with van der Waals surface area (Å²) in [6.07, 6.45) is 4.33. The Morgan fingerprint density at radius 3 is 2.90 bits per heavy atom. The molecule has 1 amide bonds. The predicted molar refractivity (Wildman–Crippen MR) is 75.3 cm³/mol. The number of carboxylic acids is 1. The molecule has 0 radical (unpaired) electrons. The number of nitrogens with zero attached hydrogens (tertiary/aromatic N) is 3. The summed E-state index contributed by atoms with van der Waals surface area (Å²) in [6.45, 7) is 5.93. The van der Waals surface area contributed by atoms with Crippen LogP contribution in [0, 0.1) is 6.92 Å². The first kappa shape index (κ1) is 18.3. The van der Waals surface area contributed by atoms with Crippen LogP contribution in [0.2, 0.25) is 0 Å². The van der Waals surface area contributed by atoms with Crippen LogP contribution in [0.25, 0.3) is 0 Å². The van der Waals surface area contributed by atoms with E-state index < -0.39 is 5.97 Å². The third kappa shape index (κ3) is 4.87. The fraction of sp³-hybridized carbons (Fsp3) is 0.538. The number of rotatable bonds is 6. The standard InChI is InChI=1S/C13H18N3O3S.W/c1-2-15-7-4-6-12(17)16(15)8-3-5-11-14-9-10(20-11)13(18)19;/h9H,1-8H2,(H,18,19);/q-1;. The van der Waals surface area contributed by atoms with Crippen LogP contribution in [-0.2, 0) is 32.3 Å². The number of amides is 1. The second-order valence-electron chi connectivity index (χ2n) is 4.60. The van der Waals surface area contributed by atoms with Gasteiger partial charge in [-0.15, -0.1) is 17.9 Å². The number of aryl methyl sites for hydroxylation is 1. The zero-order valence-corrected chi connectivity index (χ0v) is 15.4. The van der Waals surface area contributed by atoms with Crippen molar-refractivity contribution in [1.82, 2.24) is 15.0 Å². The maximum Gasteiger partial charge on any atom is 0.347 e. The van der Waals surface area contributed by atoms with E-state index in [1.807, 2.05) is 5.01 Å². The van der Waals surface area contributed by atoms with Crippen molar-refractivity contribution in [3.63, 3.8) is 0 Å². The van der Waals surface area contributed by atoms with E-state index in [9.17, 15) is 9.59 Å². The molecular formula is C13H18N3O3SW-. The molecule has 1 saturated heterocycles. The van der Waals surface area contributed by atoms with E-state index in [-0.39, 0.29) is 31.8 Å². The molecule has 1 aromatic rings. The van der Waals surface area contributed by atoms with Crippen molar-refractivity contribution in [1.29, 1.82) is 0 Å². The summed E-state index contributed by atoms with van der Waals surface area (Å²) in [5.41, 5.74) is 0. The summed E-state index contributed by atoms with van der Waals surface area (Å²) in [5.74, 6) is -0.798. The van der Waals surface area contributed by atoms with Crippen LogP contribution in [0.3, 0.4) is 0 Å². The molecule has 116 valence electrons. The van der Waals surface area contributed by atoms with Gasteiger partial charge in [0.1, 0.15) is 4.88 Å². The average molecular weight is 480 g/mol. The van der Waals surface area contributed by atoms with Crippen molar-refractivity contribution in [2.45, 2.75) is 25.7 Å². The van der Waals surface area contributed by atoms with Crippen LogP contribution in [0.4, 0.5) is 0 Å². The van der Waals surface area contributed by atoms with Gasteiger partial charge < -0.3 is 12.0 Å². The first-order chi connectivity index (χ1) is 9.61. The molecule has 0 aromatic carbocycles. The van der Waals surface area contributed by atoms with Gasteiger partial charge in [-0.25, -0.2) is 14.8 Å². The maximum atomic E-state index is 11.9. The fourth-order valence-electron chi connectivity index (χ4n) is 2.22. The topological polar surface area (TPSA) is 73.7 Å². The Bertz CT molecular complexity index is 495. The van der Waals surface area contributed by atoms with Gasteiger partial charge in [-0.1, -0.05) is 0 Å². The Hall–Kier alpha value is -0.782. The van der Waals surface area contributed by atoms with Crippen molar-refractivity contribution >= 4 is 23.2 Å². The van der Waals surface area contributed by atoms with Crippen molar-refractivity contribution in [3.05, 3.63) is 23.0 Å². The maximum absolute atomic E-state index is 11.9. The SMILES string of the molecule is [CH2-]CN1CCCC(=O)N1CCCc1ncc(C(=O)O)s1.[W]. The Kier molecular flexibility index (Phi) is 7.49. The van der Waals surface area contributed by atoms with E-state index in [0.29, 0.717) is 25.9 Å². The molecule has 0 saturated carbocycles. The quantitative estimate of drug-likeness (QED) is 0.625. The van der Waals surface area contributed by atoms with Gasteiger partial charge in [0.15, 0.2) is 0 Å². The third-order valence-electron chi connectivity index (χ3n) is 3.22. The van der Waals surface area contributed by atoms with Gasteiger partial charge in [0, 0.05) is 47.0 Å². The molecule has 2 heterocycles. The van der Waals surface area contributed by atoms with Gasteiger partial charge in [0.05, 0.1) is 11.2 Å². The molecule has 0 aliphatic carbocycles. The molecule has 6 nitrogen and oxygen atoms in total. The summed E-state index contributed by atoms with van der Waals surface area (Å²) >= 11 is 1.19. The number of carbonyl (C=O) groups is 2. The largest absolute Gasteiger partial charge is 0.477 e. The van der Waals surface area contributed by atoms with Crippen LogP contribution in [0.15, 0.2) is 6.20 Å². The monoisotopic (exact) mass is 480 g/mol. The predicted octanol–water partition coefficient (Wildman–Crippen LogP) is 1.44. The van der Waals surface area contributed by atoms with Crippen molar-refractivity contribution in [3.8, 4) is 0 Å². The first-order valence-electron chi connectivity index (χ1n) is 6.64. The summed E-state index contributed by atoms with van der Waals surface area (Å²) in [5, 5.41) is 13.4. The van der Waals surface area contributed by atoms with E-state index in [2.05, 4.69) is 11.9 Å². The van der Waals surface area contributed by atoms with Gasteiger partial charge in [-0.05, 0) is 12.8 Å². The number of aromatic nitrogens is 1. The van der Waals surface area contributed by atoms with Crippen LogP contribution >= 0.6 is 11.3 Å². The minimum atomic E-state index is -0.941. The average Bonchev–Trinajstić information content (AvgIpc) is 2.89. The van der Waals surface area contributed by atoms with Gasteiger partial charge in [0.2, 0.25) is 5.91 Å². The molecule has 1 aliphatic rings. The first-order valence-corrected chi connectivity index (χ1v) is 7.46. The third-order valence-corrected chi connectivity index (χ3v) is 4.26. The normalized spacial score (nSPS) is 15.9. The Morgan fingerprint density at radius 1 is 1.52 bits per heavy atom. The molecule has 8 heteroatoms. The molecule has 2 rings (SSSR count). The molecule has 1 aliphatic heterocycles. The summed E-state index contributed by atoms with van der Waals surface area (Å²) in [6, 6.07) is 0. The molecule has 0 spiro atoms. The molecule has 1 fully saturated rings. The second-order valence-corrected chi connectivity index (χ2v) is 5.72.